The third kappa shape index (κ3) is 2.68. The summed E-state index contributed by atoms with van der Waals surface area (Å²) in [6, 6.07) is 6.32. The minimum atomic E-state index is -4.48. The van der Waals surface area contributed by atoms with Crippen molar-refractivity contribution in [3.63, 3.8) is 0 Å². The SMILES string of the molecule is O=c1[nH]cc(-c2ccccc2C(F)(F)F)cc1CO. The fourth-order valence-electron chi connectivity index (χ4n) is 1.79. The molecule has 19 heavy (non-hydrogen) atoms. The Balaban J connectivity index is 2.63. The van der Waals surface area contributed by atoms with Gasteiger partial charge in [-0.3, -0.25) is 4.79 Å². The van der Waals surface area contributed by atoms with Gasteiger partial charge >= 0.3 is 6.18 Å². The maximum Gasteiger partial charge on any atom is 0.417 e. The molecule has 0 unspecified atom stereocenters. The number of nitrogens with one attached hydrogen (secondary N) is 1. The smallest absolute Gasteiger partial charge is 0.391 e. The monoisotopic (exact) mass is 269 g/mol. The molecule has 0 aliphatic carbocycles. The van der Waals surface area contributed by atoms with Crippen molar-refractivity contribution in [1.82, 2.24) is 4.98 Å². The van der Waals surface area contributed by atoms with Gasteiger partial charge in [0.15, 0.2) is 0 Å². The van der Waals surface area contributed by atoms with E-state index in [1.165, 1.54) is 30.5 Å². The highest BCUT2D eigenvalue weighted by molar-refractivity contribution is 5.67. The van der Waals surface area contributed by atoms with Crippen LogP contribution in [0.1, 0.15) is 11.1 Å². The van der Waals surface area contributed by atoms with Gasteiger partial charge in [0.1, 0.15) is 0 Å². The molecule has 2 aromatic rings. The number of hydrogen-bond acceptors (Lipinski definition) is 2. The molecule has 0 aliphatic heterocycles. The molecule has 2 N–H and O–H groups in total. The molecule has 0 fully saturated rings. The number of aromatic nitrogens is 1. The van der Waals surface area contributed by atoms with Crippen molar-refractivity contribution in [3.05, 3.63) is 58.0 Å². The molecular formula is C13H10F3NO2. The first kappa shape index (κ1) is 13.4. The Kier molecular flexibility index (Phi) is 3.44. The highest BCUT2D eigenvalue weighted by Crippen LogP contribution is 2.36. The summed E-state index contributed by atoms with van der Waals surface area (Å²) in [6.45, 7) is -0.530. The molecule has 2 rings (SSSR count). The molecule has 0 radical (unpaired) electrons. The average Bonchev–Trinajstić information content (AvgIpc) is 2.38. The van der Waals surface area contributed by atoms with E-state index in [-0.39, 0.29) is 16.7 Å². The minimum absolute atomic E-state index is 0.0227. The first-order chi connectivity index (χ1) is 8.93. The van der Waals surface area contributed by atoms with E-state index in [1.54, 1.807) is 0 Å². The summed E-state index contributed by atoms with van der Waals surface area (Å²) in [5.74, 6) is 0. The summed E-state index contributed by atoms with van der Waals surface area (Å²) in [6.07, 6.45) is -3.28. The van der Waals surface area contributed by atoms with Gasteiger partial charge in [0, 0.05) is 11.8 Å². The lowest BCUT2D eigenvalue weighted by Crippen LogP contribution is -2.13. The summed E-state index contributed by atoms with van der Waals surface area (Å²) >= 11 is 0. The van der Waals surface area contributed by atoms with E-state index in [0.717, 1.165) is 6.07 Å². The number of pyridine rings is 1. The van der Waals surface area contributed by atoms with Crippen LogP contribution < -0.4 is 5.56 Å². The van der Waals surface area contributed by atoms with Crippen LogP contribution >= 0.6 is 0 Å². The van der Waals surface area contributed by atoms with E-state index in [9.17, 15) is 18.0 Å². The van der Waals surface area contributed by atoms with E-state index in [2.05, 4.69) is 4.98 Å². The van der Waals surface area contributed by atoms with Gasteiger partial charge < -0.3 is 10.1 Å². The number of aliphatic hydroxyl groups is 1. The van der Waals surface area contributed by atoms with Crippen molar-refractivity contribution >= 4 is 0 Å². The number of halogens is 3. The Morgan fingerprint density at radius 2 is 1.89 bits per heavy atom. The van der Waals surface area contributed by atoms with Gasteiger partial charge in [0.25, 0.3) is 5.56 Å². The molecule has 0 aliphatic rings. The lowest BCUT2D eigenvalue weighted by molar-refractivity contribution is -0.137. The number of aromatic amines is 1. The molecule has 0 amide bonds. The summed E-state index contributed by atoms with van der Waals surface area (Å²) in [5.41, 5.74) is -1.12. The normalized spacial score (nSPS) is 11.6. The maximum absolute atomic E-state index is 12.9. The molecule has 0 atom stereocenters. The zero-order valence-electron chi connectivity index (χ0n) is 9.66. The van der Waals surface area contributed by atoms with Gasteiger partial charge in [0.05, 0.1) is 12.2 Å². The lowest BCUT2D eigenvalue weighted by atomic mass is 10.00. The van der Waals surface area contributed by atoms with Gasteiger partial charge in [-0.05, 0) is 23.3 Å². The summed E-state index contributed by atoms with van der Waals surface area (Å²) in [7, 11) is 0. The number of benzene rings is 1. The van der Waals surface area contributed by atoms with Crippen LogP contribution in [-0.2, 0) is 12.8 Å². The molecule has 1 aromatic heterocycles. The van der Waals surface area contributed by atoms with Crippen molar-refractivity contribution in [3.8, 4) is 11.1 Å². The average molecular weight is 269 g/mol. The van der Waals surface area contributed by atoms with E-state index >= 15 is 0 Å². The van der Waals surface area contributed by atoms with Crippen molar-refractivity contribution in [2.45, 2.75) is 12.8 Å². The molecule has 100 valence electrons. The van der Waals surface area contributed by atoms with Crippen molar-refractivity contribution in [1.29, 1.82) is 0 Å². The Hall–Kier alpha value is -2.08. The fraction of sp³-hybridized carbons (Fsp3) is 0.154. The van der Waals surface area contributed by atoms with Gasteiger partial charge in [-0.15, -0.1) is 0 Å². The molecule has 0 bridgehead atoms. The van der Waals surface area contributed by atoms with E-state index in [4.69, 9.17) is 5.11 Å². The minimum Gasteiger partial charge on any atom is -0.391 e. The van der Waals surface area contributed by atoms with E-state index < -0.39 is 23.9 Å². The molecule has 0 saturated heterocycles. The van der Waals surface area contributed by atoms with E-state index in [1.807, 2.05) is 0 Å². The second-order valence-electron chi connectivity index (χ2n) is 3.94. The van der Waals surface area contributed by atoms with Crippen LogP contribution in [0.4, 0.5) is 13.2 Å². The van der Waals surface area contributed by atoms with Crippen LogP contribution in [0.5, 0.6) is 0 Å². The number of aliphatic hydroxyl groups excluding tert-OH is 1. The zero-order chi connectivity index (χ0) is 14.0. The number of hydrogen-bond donors (Lipinski definition) is 2. The number of rotatable bonds is 2. The summed E-state index contributed by atoms with van der Waals surface area (Å²) < 4.78 is 38.6. The third-order valence-electron chi connectivity index (χ3n) is 2.69. The summed E-state index contributed by atoms with van der Waals surface area (Å²) in [5, 5.41) is 8.98. The molecule has 0 spiro atoms. The topological polar surface area (TPSA) is 53.1 Å². The zero-order valence-corrected chi connectivity index (χ0v) is 9.66. The second kappa shape index (κ2) is 4.89. The number of H-pyrrole nitrogens is 1. The Morgan fingerprint density at radius 3 is 2.53 bits per heavy atom. The second-order valence-corrected chi connectivity index (χ2v) is 3.94. The number of alkyl halides is 3. The summed E-state index contributed by atoms with van der Waals surface area (Å²) in [4.78, 5) is 13.6. The highest BCUT2D eigenvalue weighted by atomic mass is 19.4. The quantitative estimate of drug-likeness (QED) is 0.880. The molecule has 6 heteroatoms. The van der Waals surface area contributed by atoms with Gasteiger partial charge in [-0.1, -0.05) is 18.2 Å². The van der Waals surface area contributed by atoms with Crippen LogP contribution in [0.25, 0.3) is 11.1 Å². The largest absolute Gasteiger partial charge is 0.417 e. The van der Waals surface area contributed by atoms with Gasteiger partial charge in [-0.2, -0.15) is 13.2 Å². The molecule has 1 aromatic carbocycles. The predicted octanol–water partition coefficient (Wildman–Crippen LogP) is 2.55. The standard InChI is InChI=1S/C13H10F3NO2/c14-13(15,16)11-4-2-1-3-10(11)8-5-9(7-18)12(19)17-6-8/h1-6,18H,7H2,(H,17,19). The molecular weight excluding hydrogens is 259 g/mol. The van der Waals surface area contributed by atoms with Crippen molar-refractivity contribution in [2.24, 2.45) is 0 Å². The van der Waals surface area contributed by atoms with Crippen LogP contribution in [-0.4, -0.2) is 10.1 Å². The maximum atomic E-state index is 12.9. The molecule has 3 nitrogen and oxygen atoms in total. The molecule has 1 heterocycles. The fourth-order valence-corrected chi connectivity index (χ4v) is 1.79. The Bertz CT molecular complexity index is 647. The Labute approximate surface area is 106 Å². The lowest BCUT2D eigenvalue weighted by Gasteiger charge is -2.12. The van der Waals surface area contributed by atoms with Gasteiger partial charge in [-0.25, -0.2) is 0 Å². The third-order valence-corrected chi connectivity index (χ3v) is 2.69. The van der Waals surface area contributed by atoms with Crippen LogP contribution in [0.15, 0.2) is 41.3 Å². The van der Waals surface area contributed by atoms with Gasteiger partial charge in [0.2, 0.25) is 0 Å². The predicted molar refractivity (Wildman–Crippen MR) is 63.4 cm³/mol. The van der Waals surface area contributed by atoms with Crippen LogP contribution in [0.2, 0.25) is 0 Å². The highest BCUT2D eigenvalue weighted by Gasteiger charge is 2.33. The van der Waals surface area contributed by atoms with Crippen LogP contribution in [0.3, 0.4) is 0 Å². The van der Waals surface area contributed by atoms with Crippen molar-refractivity contribution < 1.29 is 18.3 Å². The van der Waals surface area contributed by atoms with E-state index in [0.29, 0.717) is 0 Å². The first-order valence-corrected chi connectivity index (χ1v) is 5.42. The molecule has 0 saturated carbocycles. The van der Waals surface area contributed by atoms with Crippen LogP contribution in [0, 0.1) is 0 Å². The van der Waals surface area contributed by atoms with Crippen molar-refractivity contribution in [2.75, 3.05) is 0 Å². The first-order valence-electron chi connectivity index (χ1n) is 5.42. The Morgan fingerprint density at radius 1 is 1.21 bits per heavy atom.